The smallest absolute Gasteiger partial charge is 0.326 e. The summed E-state index contributed by atoms with van der Waals surface area (Å²) in [4.78, 5) is 28.6. The summed E-state index contributed by atoms with van der Waals surface area (Å²) in [7, 11) is 0. The normalized spacial score (nSPS) is 21.8. The molecule has 2 aromatic rings. The number of imide groups is 1. The molecule has 0 radical (unpaired) electrons. The zero-order valence-corrected chi connectivity index (χ0v) is 22.5. The number of hydrogen-bond acceptors (Lipinski definition) is 4. The molecule has 0 bridgehead atoms. The Labute approximate surface area is 223 Å². The second kappa shape index (κ2) is 11.6. The first-order valence-electron chi connectivity index (χ1n) is 12.1. The minimum atomic E-state index is -1.10. The number of halogens is 2. The van der Waals surface area contributed by atoms with Crippen LogP contribution in [0.5, 0.6) is 0 Å². The third-order valence-electron chi connectivity index (χ3n) is 6.82. The van der Waals surface area contributed by atoms with Crippen molar-refractivity contribution in [2.45, 2.75) is 57.4 Å². The number of unbranched alkanes of at least 4 members (excludes halogenated alkanes) is 1. The lowest BCUT2D eigenvalue weighted by Crippen LogP contribution is -2.51. The minimum Gasteiger partial charge on any atom is -0.396 e. The molecule has 1 heterocycles. The quantitative estimate of drug-likeness (QED) is 0.335. The molecule has 36 heavy (non-hydrogen) atoms. The molecule has 0 spiro atoms. The van der Waals surface area contributed by atoms with Gasteiger partial charge in [-0.1, -0.05) is 68.2 Å². The monoisotopic (exact) mass is 529 g/mol. The van der Waals surface area contributed by atoms with Gasteiger partial charge in [-0.25, -0.2) is 4.79 Å². The molecule has 2 aromatic carbocycles. The van der Waals surface area contributed by atoms with E-state index in [0.29, 0.717) is 35.7 Å². The molecule has 3 amide bonds. The van der Waals surface area contributed by atoms with E-state index in [-0.39, 0.29) is 31.0 Å². The molecule has 192 valence electrons. The van der Waals surface area contributed by atoms with Gasteiger partial charge in [0.15, 0.2) is 0 Å². The van der Waals surface area contributed by atoms with Crippen molar-refractivity contribution in [3.05, 3.63) is 69.7 Å². The predicted molar refractivity (Wildman–Crippen MR) is 142 cm³/mol. The van der Waals surface area contributed by atoms with Crippen molar-refractivity contribution >= 4 is 35.6 Å². The van der Waals surface area contributed by atoms with Gasteiger partial charge in [-0.2, -0.15) is 5.26 Å². The molecule has 0 aromatic heterocycles. The highest BCUT2D eigenvalue weighted by molar-refractivity contribution is 6.30. The van der Waals surface area contributed by atoms with Crippen molar-refractivity contribution < 1.29 is 14.7 Å². The third kappa shape index (κ3) is 5.86. The van der Waals surface area contributed by atoms with E-state index in [1.54, 1.807) is 23.1 Å². The van der Waals surface area contributed by atoms with E-state index in [2.05, 4.69) is 26.8 Å². The highest BCUT2D eigenvalue weighted by Gasteiger charge is 2.58. The van der Waals surface area contributed by atoms with E-state index in [4.69, 9.17) is 28.3 Å². The van der Waals surface area contributed by atoms with E-state index in [9.17, 15) is 14.9 Å². The molecule has 3 atom stereocenters. The summed E-state index contributed by atoms with van der Waals surface area (Å²) in [5.41, 5.74) is 0.301. The molecule has 1 saturated heterocycles. The molecule has 6 nitrogen and oxygen atoms in total. The molecule has 0 unspecified atom stereocenters. The SMILES string of the molecule is CC(C)(C)C[C@@H]1N(C(=O)N(C=O)CCCCO)C[C@H](c2cccc(Cl)c2)[C@@]1(C#N)c1ccc(Cl)cc1. The Morgan fingerprint density at radius 1 is 1.19 bits per heavy atom. The molecule has 8 heteroatoms. The number of rotatable bonds is 8. The maximum absolute atomic E-state index is 13.8. The molecule has 0 aliphatic carbocycles. The summed E-state index contributed by atoms with van der Waals surface area (Å²) in [5, 5.41) is 21.2. The van der Waals surface area contributed by atoms with Crippen molar-refractivity contribution in [1.29, 1.82) is 5.26 Å². The first kappa shape index (κ1) is 28.0. The van der Waals surface area contributed by atoms with Gasteiger partial charge in [0, 0.05) is 35.7 Å². The summed E-state index contributed by atoms with van der Waals surface area (Å²) in [5.74, 6) is -0.385. The fraction of sp³-hybridized carbons (Fsp3) is 0.464. The zero-order chi connectivity index (χ0) is 26.5. The summed E-state index contributed by atoms with van der Waals surface area (Å²) in [6.45, 7) is 6.66. The lowest BCUT2D eigenvalue weighted by Gasteiger charge is -2.40. The fourth-order valence-electron chi connectivity index (χ4n) is 5.19. The van der Waals surface area contributed by atoms with Crippen LogP contribution in [0.2, 0.25) is 10.0 Å². The summed E-state index contributed by atoms with van der Waals surface area (Å²) in [6.07, 6.45) is 2.06. The van der Waals surface area contributed by atoms with Gasteiger partial charge in [-0.3, -0.25) is 9.69 Å². The number of amides is 3. The van der Waals surface area contributed by atoms with Crippen LogP contribution in [0.15, 0.2) is 48.5 Å². The van der Waals surface area contributed by atoms with Crippen molar-refractivity contribution in [3.8, 4) is 6.07 Å². The predicted octanol–water partition coefficient (Wildman–Crippen LogP) is 6.01. The average Bonchev–Trinajstić information content (AvgIpc) is 3.15. The van der Waals surface area contributed by atoms with Gasteiger partial charge in [0.05, 0.1) is 12.1 Å². The highest BCUT2D eigenvalue weighted by atomic mass is 35.5. The van der Waals surface area contributed by atoms with Crippen molar-refractivity contribution in [2.75, 3.05) is 19.7 Å². The number of hydrogen-bond donors (Lipinski definition) is 1. The molecule has 1 aliphatic heterocycles. The first-order chi connectivity index (χ1) is 17.1. The molecular weight excluding hydrogens is 497 g/mol. The van der Waals surface area contributed by atoms with E-state index in [1.165, 1.54) is 0 Å². The van der Waals surface area contributed by atoms with Gasteiger partial charge < -0.3 is 10.0 Å². The highest BCUT2D eigenvalue weighted by Crippen LogP contribution is 2.52. The lowest BCUT2D eigenvalue weighted by atomic mass is 9.64. The average molecular weight is 530 g/mol. The van der Waals surface area contributed by atoms with Crippen LogP contribution in [0.1, 0.15) is 57.1 Å². The van der Waals surface area contributed by atoms with E-state index < -0.39 is 17.5 Å². The van der Waals surface area contributed by atoms with Crippen LogP contribution in [0.25, 0.3) is 0 Å². The van der Waals surface area contributed by atoms with Gasteiger partial charge >= 0.3 is 6.03 Å². The number of benzene rings is 2. The van der Waals surface area contributed by atoms with E-state index in [0.717, 1.165) is 16.0 Å². The Balaban J connectivity index is 2.20. The molecule has 3 rings (SSSR count). The second-order valence-corrected chi connectivity index (χ2v) is 11.4. The number of aliphatic hydroxyl groups is 1. The van der Waals surface area contributed by atoms with Gasteiger partial charge in [-0.05, 0) is 60.1 Å². The Morgan fingerprint density at radius 3 is 2.44 bits per heavy atom. The number of nitrogens with zero attached hydrogens (tertiary/aromatic N) is 3. The first-order valence-corrected chi connectivity index (χ1v) is 12.9. The van der Waals surface area contributed by atoms with Crippen molar-refractivity contribution in [2.24, 2.45) is 5.41 Å². The summed E-state index contributed by atoms with van der Waals surface area (Å²) >= 11 is 12.6. The summed E-state index contributed by atoms with van der Waals surface area (Å²) in [6, 6.07) is 16.3. The topological polar surface area (TPSA) is 84.6 Å². The van der Waals surface area contributed by atoms with Crippen LogP contribution in [0, 0.1) is 16.7 Å². The fourth-order valence-corrected chi connectivity index (χ4v) is 5.51. The maximum Gasteiger partial charge on any atom is 0.326 e. The number of urea groups is 1. The third-order valence-corrected chi connectivity index (χ3v) is 7.31. The number of nitriles is 1. The van der Waals surface area contributed by atoms with Gasteiger partial charge in [-0.15, -0.1) is 0 Å². The number of aliphatic hydroxyl groups excluding tert-OH is 1. The van der Waals surface area contributed by atoms with E-state index in [1.807, 2.05) is 30.3 Å². The lowest BCUT2D eigenvalue weighted by molar-refractivity contribution is -0.116. The Hall–Kier alpha value is -2.59. The number of likely N-dealkylation sites (tertiary alicyclic amines) is 1. The van der Waals surface area contributed by atoms with Crippen LogP contribution in [-0.4, -0.2) is 53.1 Å². The number of carbonyl (C=O) groups excluding carboxylic acids is 2. The van der Waals surface area contributed by atoms with Gasteiger partial charge in [0.2, 0.25) is 6.41 Å². The standard InChI is InChI=1S/C28H33Cl2N3O3/c1-27(2,3)16-25-28(18-31,21-9-11-22(29)12-10-21)24(20-7-6-8-23(30)15-20)17-33(25)26(36)32(19-35)13-4-5-14-34/h6-12,15,19,24-25,34H,4-5,13-14,16-17H2,1-3H3/t24-,25+,28-/m1/s1. The summed E-state index contributed by atoms with van der Waals surface area (Å²) < 4.78 is 0. The zero-order valence-electron chi connectivity index (χ0n) is 21.0. The van der Waals surface area contributed by atoms with Crippen molar-refractivity contribution in [1.82, 2.24) is 9.80 Å². The van der Waals surface area contributed by atoms with Crippen LogP contribution in [0.4, 0.5) is 4.79 Å². The van der Waals surface area contributed by atoms with Crippen molar-refractivity contribution in [3.63, 3.8) is 0 Å². The molecular formula is C28H33Cl2N3O3. The Bertz CT molecular complexity index is 1110. The van der Waals surface area contributed by atoms with Gasteiger partial charge in [0.1, 0.15) is 5.41 Å². The van der Waals surface area contributed by atoms with Gasteiger partial charge in [0.25, 0.3) is 0 Å². The number of carbonyl (C=O) groups is 2. The molecule has 1 fully saturated rings. The van der Waals surface area contributed by atoms with Crippen LogP contribution >= 0.6 is 23.2 Å². The van der Waals surface area contributed by atoms with Crippen LogP contribution in [0.3, 0.4) is 0 Å². The molecule has 1 aliphatic rings. The molecule has 1 N–H and O–H groups in total. The largest absolute Gasteiger partial charge is 0.396 e. The Morgan fingerprint density at radius 2 is 1.89 bits per heavy atom. The maximum atomic E-state index is 13.8. The van der Waals surface area contributed by atoms with Crippen LogP contribution in [-0.2, 0) is 10.2 Å². The Kier molecular flexibility index (Phi) is 9.05. The second-order valence-electron chi connectivity index (χ2n) is 10.5. The van der Waals surface area contributed by atoms with Crippen LogP contribution < -0.4 is 0 Å². The minimum absolute atomic E-state index is 0.0117. The molecule has 0 saturated carbocycles. The van der Waals surface area contributed by atoms with E-state index >= 15 is 0 Å².